The minimum absolute atomic E-state index is 0.102. The van der Waals surface area contributed by atoms with Gasteiger partial charge in [-0.15, -0.1) is 0 Å². The Hall–Kier alpha value is -0.870. The van der Waals surface area contributed by atoms with E-state index in [4.69, 9.17) is 9.47 Å². The van der Waals surface area contributed by atoms with Gasteiger partial charge in [0.2, 0.25) is 0 Å². The molecule has 2 aliphatic rings. The van der Waals surface area contributed by atoms with Crippen molar-refractivity contribution < 1.29 is 19.4 Å². The Bertz CT molecular complexity index is 429. The molecule has 0 aromatic carbocycles. The van der Waals surface area contributed by atoms with Crippen LogP contribution in [0.1, 0.15) is 53.9 Å². The summed E-state index contributed by atoms with van der Waals surface area (Å²) in [6, 6.07) is 0. The van der Waals surface area contributed by atoms with Gasteiger partial charge >= 0.3 is 5.97 Å². The molecule has 120 valence electrons. The minimum atomic E-state index is -0.517. The van der Waals surface area contributed by atoms with E-state index < -0.39 is 6.10 Å². The Morgan fingerprint density at radius 3 is 2.76 bits per heavy atom. The van der Waals surface area contributed by atoms with Gasteiger partial charge in [-0.1, -0.05) is 25.5 Å². The van der Waals surface area contributed by atoms with Crippen LogP contribution in [-0.4, -0.2) is 35.0 Å². The van der Waals surface area contributed by atoms with Crippen LogP contribution in [-0.2, 0) is 14.3 Å². The molecule has 0 saturated carbocycles. The van der Waals surface area contributed by atoms with Gasteiger partial charge < -0.3 is 14.6 Å². The van der Waals surface area contributed by atoms with E-state index in [1.165, 1.54) is 12.5 Å². The quantitative estimate of drug-likeness (QED) is 0.483. The van der Waals surface area contributed by atoms with Crippen LogP contribution in [0.5, 0.6) is 0 Å². The van der Waals surface area contributed by atoms with E-state index in [9.17, 15) is 9.90 Å². The molecule has 5 atom stereocenters. The number of epoxide rings is 1. The van der Waals surface area contributed by atoms with Crippen LogP contribution < -0.4 is 0 Å². The van der Waals surface area contributed by atoms with Crippen molar-refractivity contribution in [1.29, 1.82) is 0 Å². The number of esters is 1. The zero-order chi connectivity index (χ0) is 15.8. The molecule has 1 aliphatic carbocycles. The first-order valence-electron chi connectivity index (χ1n) is 7.93. The summed E-state index contributed by atoms with van der Waals surface area (Å²) in [5.74, 6) is -0.202. The highest BCUT2D eigenvalue weighted by molar-refractivity contribution is 5.66. The van der Waals surface area contributed by atoms with E-state index in [-0.39, 0.29) is 35.6 Å². The first-order valence-corrected chi connectivity index (χ1v) is 7.93. The second kappa shape index (κ2) is 6.09. The molecular formula is C17H28O4. The summed E-state index contributed by atoms with van der Waals surface area (Å²) in [5, 5.41) is 10.6. The van der Waals surface area contributed by atoms with Gasteiger partial charge in [-0.25, -0.2) is 0 Å². The average molecular weight is 296 g/mol. The maximum Gasteiger partial charge on any atom is 0.303 e. The van der Waals surface area contributed by atoms with Gasteiger partial charge in [0, 0.05) is 12.8 Å². The predicted octanol–water partition coefficient (Wildman–Crippen LogP) is 2.84. The number of carbonyl (C=O) groups excluding carboxylic acids is 1. The number of rotatable bonds is 2. The fourth-order valence-corrected chi connectivity index (χ4v) is 3.60. The lowest BCUT2D eigenvalue weighted by Gasteiger charge is -2.34. The van der Waals surface area contributed by atoms with Gasteiger partial charge in [0.25, 0.3) is 0 Å². The number of carbonyl (C=O) groups is 1. The Balaban J connectivity index is 2.31. The monoisotopic (exact) mass is 296 g/mol. The second-order valence-electron chi connectivity index (χ2n) is 7.11. The lowest BCUT2D eigenvalue weighted by molar-refractivity contribution is -0.155. The maximum atomic E-state index is 11.5. The van der Waals surface area contributed by atoms with Crippen LogP contribution in [0.4, 0.5) is 0 Å². The molecule has 4 heteroatoms. The Labute approximate surface area is 127 Å². The summed E-state index contributed by atoms with van der Waals surface area (Å²) in [5.41, 5.74) is 0.957. The highest BCUT2D eigenvalue weighted by atomic mass is 16.6. The number of hydrogen-bond acceptors (Lipinski definition) is 4. The molecular weight excluding hydrogens is 268 g/mol. The van der Waals surface area contributed by atoms with Gasteiger partial charge in [-0.05, 0) is 39.0 Å². The standard InChI is InChI=1S/C17H28O4/c1-10(2)14-13(19)9-11(3)7-6-8-17(5)16(21-17)15(14)20-12(4)18/h7,10,13-16,19H,6,8-9H2,1-5H3. The number of allylic oxidation sites excluding steroid dienone is 1. The van der Waals surface area contributed by atoms with Crippen molar-refractivity contribution >= 4 is 5.97 Å². The first-order chi connectivity index (χ1) is 9.74. The van der Waals surface area contributed by atoms with Crippen LogP contribution in [0.2, 0.25) is 0 Å². The fourth-order valence-electron chi connectivity index (χ4n) is 3.60. The molecule has 4 nitrogen and oxygen atoms in total. The van der Waals surface area contributed by atoms with E-state index in [2.05, 4.69) is 33.8 Å². The van der Waals surface area contributed by atoms with Crippen molar-refractivity contribution in [3.63, 3.8) is 0 Å². The van der Waals surface area contributed by atoms with E-state index >= 15 is 0 Å². The molecule has 0 aromatic heterocycles. The predicted molar refractivity (Wildman–Crippen MR) is 80.8 cm³/mol. The molecule has 0 aromatic rings. The first kappa shape index (κ1) is 16.5. The van der Waals surface area contributed by atoms with Crippen LogP contribution in [0.3, 0.4) is 0 Å². The van der Waals surface area contributed by atoms with Gasteiger partial charge in [-0.3, -0.25) is 4.79 Å². The Kier molecular flexibility index (Phi) is 4.79. The molecule has 5 unspecified atom stereocenters. The van der Waals surface area contributed by atoms with Crippen molar-refractivity contribution in [2.75, 3.05) is 0 Å². The largest absolute Gasteiger partial charge is 0.459 e. The normalized spacial score (nSPS) is 40.2. The molecule has 0 bridgehead atoms. The lowest BCUT2D eigenvalue weighted by atomic mass is 9.78. The number of ether oxygens (including phenoxy) is 2. The number of aliphatic hydroxyl groups excluding tert-OH is 1. The molecule has 1 heterocycles. The summed E-state index contributed by atoms with van der Waals surface area (Å²) in [4.78, 5) is 11.5. The molecule has 1 aliphatic heterocycles. The van der Waals surface area contributed by atoms with Gasteiger partial charge in [0.15, 0.2) is 0 Å². The Morgan fingerprint density at radius 1 is 1.52 bits per heavy atom. The maximum absolute atomic E-state index is 11.5. The third kappa shape index (κ3) is 3.67. The SMILES string of the molecule is CC(=O)OC1C(C(C)C)C(O)CC(C)=CCCC2(C)OC12. The van der Waals surface area contributed by atoms with E-state index in [0.717, 1.165) is 12.8 Å². The van der Waals surface area contributed by atoms with Crippen molar-refractivity contribution in [3.05, 3.63) is 11.6 Å². The molecule has 0 amide bonds. The number of fused-ring (bicyclic) bond motifs is 1. The summed E-state index contributed by atoms with van der Waals surface area (Å²) >= 11 is 0. The molecule has 1 fully saturated rings. The van der Waals surface area contributed by atoms with Crippen molar-refractivity contribution in [2.24, 2.45) is 11.8 Å². The summed E-state index contributed by atoms with van der Waals surface area (Å²) in [7, 11) is 0. The molecule has 0 spiro atoms. The summed E-state index contributed by atoms with van der Waals surface area (Å²) in [6.07, 6.45) is 3.69. The highest BCUT2D eigenvalue weighted by Crippen LogP contribution is 2.47. The van der Waals surface area contributed by atoms with Crippen molar-refractivity contribution in [1.82, 2.24) is 0 Å². The van der Waals surface area contributed by atoms with Gasteiger partial charge in [0.05, 0.1) is 11.7 Å². The smallest absolute Gasteiger partial charge is 0.303 e. The van der Waals surface area contributed by atoms with Crippen LogP contribution >= 0.6 is 0 Å². The third-order valence-corrected chi connectivity index (χ3v) is 4.80. The van der Waals surface area contributed by atoms with E-state index in [0.29, 0.717) is 6.42 Å². The van der Waals surface area contributed by atoms with Gasteiger partial charge in [0.1, 0.15) is 12.2 Å². The summed E-state index contributed by atoms with van der Waals surface area (Å²) < 4.78 is 11.5. The Morgan fingerprint density at radius 2 is 2.19 bits per heavy atom. The fraction of sp³-hybridized carbons (Fsp3) is 0.824. The van der Waals surface area contributed by atoms with E-state index in [1.54, 1.807) is 0 Å². The number of hydrogen-bond donors (Lipinski definition) is 1. The van der Waals surface area contributed by atoms with E-state index in [1.807, 2.05) is 0 Å². The third-order valence-electron chi connectivity index (χ3n) is 4.80. The van der Waals surface area contributed by atoms with Crippen LogP contribution in [0, 0.1) is 11.8 Å². The molecule has 21 heavy (non-hydrogen) atoms. The molecule has 1 saturated heterocycles. The topological polar surface area (TPSA) is 59.1 Å². The van der Waals surface area contributed by atoms with Gasteiger partial charge in [-0.2, -0.15) is 0 Å². The van der Waals surface area contributed by atoms with Crippen LogP contribution in [0.15, 0.2) is 11.6 Å². The highest BCUT2D eigenvalue weighted by Gasteiger charge is 2.59. The zero-order valence-electron chi connectivity index (χ0n) is 13.8. The average Bonchev–Trinajstić information content (AvgIpc) is 2.98. The molecule has 0 radical (unpaired) electrons. The van der Waals surface area contributed by atoms with Crippen LogP contribution in [0.25, 0.3) is 0 Å². The second-order valence-corrected chi connectivity index (χ2v) is 7.11. The van der Waals surface area contributed by atoms with Crippen molar-refractivity contribution in [2.45, 2.75) is 77.8 Å². The zero-order valence-corrected chi connectivity index (χ0v) is 13.8. The molecule has 2 rings (SSSR count). The summed E-state index contributed by atoms with van der Waals surface area (Å²) in [6.45, 7) is 9.68. The minimum Gasteiger partial charge on any atom is -0.459 e. The van der Waals surface area contributed by atoms with Crippen molar-refractivity contribution in [3.8, 4) is 0 Å². The number of aliphatic hydroxyl groups is 1. The lowest BCUT2D eigenvalue weighted by Crippen LogP contribution is -2.43. The molecule has 1 N–H and O–H groups in total.